The van der Waals surface area contributed by atoms with Gasteiger partial charge in [-0.05, 0) is 29.8 Å². The molecule has 0 unspecified atom stereocenters. The van der Waals surface area contributed by atoms with Crippen molar-refractivity contribution < 1.29 is 13.6 Å². The molecule has 0 aliphatic rings. The molecule has 86 valence electrons. The Labute approximate surface area is 96.9 Å². The summed E-state index contributed by atoms with van der Waals surface area (Å²) < 4.78 is 25.6. The van der Waals surface area contributed by atoms with Gasteiger partial charge in [0.05, 0.1) is 0 Å². The highest BCUT2D eigenvalue weighted by Crippen LogP contribution is 2.11. The van der Waals surface area contributed by atoms with Crippen LogP contribution in [0.4, 0.5) is 8.78 Å². The molecule has 1 heterocycles. The van der Waals surface area contributed by atoms with Gasteiger partial charge < -0.3 is 0 Å². The number of rotatable bonds is 3. The molecule has 0 saturated heterocycles. The lowest BCUT2D eigenvalue weighted by Gasteiger charge is -2.01. The fraction of sp³-hybridized carbons (Fsp3) is 0.0769. The van der Waals surface area contributed by atoms with E-state index < -0.39 is 11.6 Å². The maximum atomic E-state index is 12.9. The van der Waals surface area contributed by atoms with Gasteiger partial charge in [0.25, 0.3) is 0 Å². The molecule has 0 bridgehead atoms. The van der Waals surface area contributed by atoms with Crippen LogP contribution in [0, 0.1) is 11.6 Å². The molecule has 0 amide bonds. The summed E-state index contributed by atoms with van der Waals surface area (Å²) in [7, 11) is 0. The van der Waals surface area contributed by atoms with Gasteiger partial charge in [0.2, 0.25) is 0 Å². The Morgan fingerprint density at radius 1 is 1.18 bits per heavy atom. The Bertz CT molecular complexity index is 540. The molecular weight excluding hydrogens is 224 g/mol. The lowest BCUT2D eigenvalue weighted by molar-refractivity contribution is 0.0992. The first-order valence-corrected chi connectivity index (χ1v) is 5.04. The molecule has 0 aliphatic carbocycles. The summed E-state index contributed by atoms with van der Waals surface area (Å²) in [6, 6.07) is 6.61. The van der Waals surface area contributed by atoms with Crippen LogP contribution >= 0.6 is 0 Å². The maximum absolute atomic E-state index is 12.9. The first-order chi connectivity index (χ1) is 8.16. The average molecular weight is 233 g/mol. The standard InChI is InChI=1S/C13H9F2NO/c14-11-4-3-10(7-12(11)15)13(17)6-9-2-1-5-16-8-9/h1-5,7-8H,6H2. The average Bonchev–Trinajstić information content (AvgIpc) is 2.34. The van der Waals surface area contributed by atoms with Crippen LogP contribution < -0.4 is 0 Å². The van der Waals surface area contributed by atoms with Crippen LogP contribution in [0.25, 0.3) is 0 Å². The SMILES string of the molecule is O=C(Cc1cccnc1)c1ccc(F)c(F)c1. The van der Waals surface area contributed by atoms with Crippen molar-refractivity contribution >= 4 is 5.78 Å². The smallest absolute Gasteiger partial charge is 0.167 e. The van der Waals surface area contributed by atoms with E-state index in [1.807, 2.05) is 0 Å². The lowest BCUT2D eigenvalue weighted by atomic mass is 10.0. The zero-order valence-electron chi connectivity index (χ0n) is 8.86. The van der Waals surface area contributed by atoms with Crippen LogP contribution in [0.1, 0.15) is 15.9 Å². The van der Waals surface area contributed by atoms with E-state index in [-0.39, 0.29) is 17.8 Å². The van der Waals surface area contributed by atoms with E-state index in [9.17, 15) is 13.6 Å². The molecule has 0 atom stereocenters. The number of Topliss-reactive ketones (excluding diaryl/α,β-unsaturated/α-hetero) is 1. The Morgan fingerprint density at radius 3 is 2.65 bits per heavy atom. The van der Waals surface area contributed by atoms with Gasteiger partial charge in [0, 0.05) is 24.4 Å². The molecule has 2 nitrogen and oxygen atoms in total. The van der Waals surface area contributed by atoms with E-state index in [0.717, 1.165) is 17.7 Å². The van der Waals surface area contributed by atoms with E-state index in [1.165, 1.54) is 6.07 Å². The number of carbonyl (C=O) groups excluding carboxylic acids is 1. The lowest BCUT2D eigenvalue weighted by Crippen LogP contribution is -2.04. The van der Waals surface area contributed by atoms with Crippen molar-refractivity contribution in [3.8, 4) is 0 Å². The number of halogens is 2. The van der Waals surface area contributed by atoms with Crippen LogP contribution in [0.15, 0.2) is 42.7 Å². The minimum Gasteiger partial charge on any atom is -0.294 e. The molecule has 17 heavy (non-hydrogen) atoms. The van der Waals surface area contributed by atoms with Gasteiger partial charge in [-0.25, -0.2) is 8.78 Å². The van der Waals surface area contributed by atoms with Crippen molar-refractivity contribution in [1.82, 2.24) is 4.98 Å². The molecule has 1 aromatic carbocycles. The summed E-state index contributed by atoms with van der Waals surface area (Å²) in [6.07, 6.45) is 3.29. The molecule has 2 aromatic rings. The first kappa shape index (κ1) is 11.4. The second-order valence-corrected chi connectivity index (χ2v) is 3.59. The number of hydrogen-bond donors (Lipinski definition) is 0. The molecule has 0 saturated carbocycles. The largest absolute Gasteiger partial charge is 0.294 e. The van der Waals surface area contributed by atoms with E-state index >= 15 is 0 Å². The predicted molar refractivity (Wildman–Crippen MR) is 58.6 cm³/mol. The van der Waals surface area contributed by atoms with E-state index in [1.54, 1.807) is 24.5 Å². The number of benzene rings is 1. The molecule has 0 N–H and O–H groups in total. The van der Waals surface area contributed by atoms with Crippen molar-refractivity contribution in [1.29, 1.82) is 0 Å². The minimum atomic E-state index is -1.01. The highest BCUT2D eigenvalue weighted by Gasteiger charge is 2.10. The Kier molecular flexibility index (Phi) is 3.23. The van der Waals surface area contributed by atoms with Gasteiger partial charge in [-0.1, -0.05) is 6.07 Å². The number of ketones is 1. The zero-order valence-corrected chi connectivity index (χ0v) is 8.86. The van der Waals surface area contributed by atoms with Gasteiger partial charge >= 0.3 is 0 Å². The van der Waals surface area contributed by atoms with Gasteiger partial charge in [0.15, 0.2) is 17.4 Å². The monoisotopic (exact) mass is 233 g/mol. The number of hydrogen-bond acceptors (Lipinski definition) is 2. The van der Waals surface area contributed by atoms with Crippen molar-refractivity contribution in [2.75, 3.05) is 0 Å². The minimum absolute atomic E-state index is 0.124. The van der Waals surface area contributed by atoms with E-state index in [0.29, 0.717) is 0 Å². The van der Waals surface area contributed by atoms with Crippen molar-refractivity contribution in [2.45, 2.75) is 6.42 Å². The van der Waals surface area contributed by atoms with Crippen LogP contribution in [0.3, 0.4) is 0 Å². The second-order valence-electron chi connectivity index (χ2n) is 3.59. The molecule has 0 radical (unpaired) electrons. The summed E-state index contributed by atoms with van der Waals surface area (Å²) in [6.45, 7) is 0. The van der Waals surface area contributed by atoms with Gasteiger partial charge in [-0.2, -0.15) is 0 Å². The first-order valence-electron chi connectivity index (χ1n) is 5.04. The highest BCUT2D eigenvalue weighted by atomic mass is 19.2. The Hall–Kier alpha value is -2.10. The van der Waals surface area contributed by atoms with Crippen LogP contribution in [-0.2, 0) is 6.42 Å². The molecule has 0 spiro atoms. The fourth-order valence-corrected chi connectivity index (χ4v) is 1.46. The maximum Gasteiger partial charge on any atom is 0.167 e. The summed E-state index contributed by atoms with van der Waals surface area (Å²) >= 11 is 0. The van der Waals surface area contributed by atoms with Crippen molar-refractivity contribution in [2.24, 2.45) is 0 Å². The number of nitrogens with zero attached hydrogens (tertiary/aromatic N) is 1. The molecule has 0 aliphatic heterocycles. The Balaban J connectivity index is 2.18. The third-order valence-electron chi connectivity index (χ3n) is 2.33. The van der Waals surface area contributed by atoms with E-state index in [4.69, 9.17) is 0 Å². The highest BCUT2D eigenvalue weighted by molar-refractivity contribution is 5.97. The number of carbonyl (C=O) groups is 1. The quantitative estimate of drug-likeness (QED) is 0.763. The molecule has 4 heteroatoms. The Morgan fingerprint density at radius 2 is 2.00 bits per heavy atom. The summed E-state index contributed by atoms with van der Waals surface area (Å²) in [5.41, 5.74) is 0.898. The topological polar surface area (TPSA) is 30.0 Å². The van der Waals surface area contributed by atoms with Crippen molar-refractivity contribution in [3.05, 3.63) is 65.5 Å². The van der Waals surface area contributed by atoms with E-state index in [2.05, 4.69) is 4.98 Å². The van der Waals surface area contributed by atoms with Crippen LogP contribution in [0.2, 0.25) is 0 Å². The van der Waals surface area contributed by atoms with Gasteiger partial charge in [0.1, 0.15) is 0 Å². The third-order valence-corrected chi connectivity index (χ3v) is 2.33. The molecule has 2 rings (SSSR count). The zero-order chi connectivity index (χ0) is 12.3. The van der Waals surface area contributed by atoms with Crippen LogP contribution in [0.5, 0.6) is 0 Å². The number of pyridine rings is 1. The second kappa shape index (κ2) is 4.82. The van der Waals surface area contributed by atoms with Gasteiger partial charge in [-0.15, -0.1) is 0 Å². The predicted octanol–water partition coefficient (Wildman–Crippen LogP) is 2.79. The van der Waals surface area contributed by atoms with Crippen molar-refractivity contribution in [3.63, 3.8) is 0 Å². The van der Waals surface area contributed by atoms with Crippen LogP contribution in [-0.4, -0.2) is 10.8 Å². The summed E-state index contributed by atoms with van der Waals surface area (Å²) in [5.74, 6) is -2.23. The normalized spacial score (nSPS) is 10.2. The molecule has 1 aromatic heterocycles. The number of aromatic nitrogens is 1. The third kappa shape index (κ3) is 2.72. The molecule has 0 fully saturated rings. The summed E-state index contributed by atoms with van der Waals surface area (Å²) in [5, 5.41) is 0. The summed E-state index contributed by atoms with van der Waals surface area (Å²) in [4.78, 5) is 15.6. The molecular formula is C13H9F2NO. The van der Waals surface area contributed by atoms with Gasteiger partial charge in [-0.3, -0.25) is 9.78 Å². The fourth-order valence-electron chi connectivity index (χ4n) is 1.46.